The van der Waals surface area contributed by atoms with E-state index in [1.54, 1.807) is 29.2 Å². The van der Waals surface area contributed by atoms with Gasteiger partial charge < -0.3 is 15.4 Å². The molecule has 0 saturated carbocycles. The Hall–Kier alpha value is -3.07. The highest BCUT2D eigenvalue weighted by Gasteiger charge is 2.28. The first-order valence-electron chi connectivity index (χ1n) is 9.57. The van der Waals surface area contributed by atoms with Crippen molar-refractivity contribution in [3.05, 3.63) is 53.6 Å². The first-order chi connectivity index (χ1) is 14.2. The minimum absolute atomic E-state index is 0.122. The molecule has 0 aromatic heterocycles. The zero-order valence-corrected chi connectivity index (χ0v) is 17.7. The van der Waals surface area contributed by atoms with Crippen LogP contribution in [0, 0.1) is 12.8 Å². The van der Waals surface area contributed by atoms with E-state index in [9.17, 15) is 18.0 Å². The number of rotatable bonds is 6. The third kappa shape index (κ3) is 4.73. The fourth-order valence-corrected chi connectivity index (χ4v) is 4.66. The Balaban J connectivity index is 1.85. The average molecular weight is 432 g/mol. The summed E-state index contributed by atoms with van der Waals surface area (Å²) in [6, 6.07) is 11.2. The van der Waals surface area contributed by atoms with Crippen LogP contribution in [-0.4, -0.2) is 45.3 Å². The molecule has 1 saturated heterocycles. The zero-order valence-electron chi connectivity index (χ0n) is 16.9. The number of anilines is 1. The lowest BCUT2D eigenvalue weighted by molar-refractivity contribution is -0.123. The molecule has 30 heavy (non-hydrogen) atoms. The van der Waals surface area contributed by atoms with Crippen LogP contribution in [0.25, 0.3) is 0 Å². The molecule has 2 amide bonds. The molecule has 1 heterocycles. The average Bonchev–Trinajstić information content (AvgIpc) is 2.74. The van der Waals surface area contributed by atoms with Gasteiger partial charge in [-0.15, -0.1) is 0 Å². The molecule has 3 N–H and O–H groups in total. The number of carbonyl (C=O) groups is 2. The molecule has 0 bridgehead atoms. The highest BCUT2D eigenvalue weighted by atomic mass is 32.2. The smallest absolute Gasteiger partial charge is 0.265 e. The molecule has 9 heteroatoms. The molecule has 0 aliphatic carbocycles. The van der Waals surface area contributed by atoms with Crippen molar-refractivity contribution in [1.82, 2.24) is 4.90 Å². The molecule has 2 aromatic rings. The van der Waals surface area contributed by atoms with Gasteiger partial charge in [-0.1, -0.05) is 17.7 Å². The Morgan fingerprint density at radius 3 is 2.30 bits per heavy atom. The van der Waals surface area contributed by atoms with E-state index in [1.165, 1.54) is 25.3 Å². The number of nitrogens with zero attached hydrogens (tertiary/aromatic N) is 1. The number of hydrogen-bond acceptors (Lipinski definition) is 5. The van der Waals surface area contributed by atoms with E-state index < -0.39 is 10.0 Å². The normalized spacial score (nSPS) is 14.9. The maximum absolute atomic E-state index is 13.0. The van der Waals surface area contributed by atoms with Crippen molar-refractivity contribution < 1.29 is 22.7 Å². The summed E-state index contributed by atoms with van der Waals surface area (Å²) in [5.41, 5.74) is 6.99. The monoisotopic (exact) mass is 431 g/mol. The highest BCUT2D eigenvalue weighted by Crippen LogP contribution is 2.28. The van der Waals surface area contributed by atoms with Crippen molar-refractivity contribution in [2.45, 2.75) is 24.7 Å². The fraction of sp³-hybridized carbons (Fsp3) is 0.333. The van der Waals surface area contributed by atoms with Crippen LogP contribution >= 0.6 is 0 Å². The summed E-state index contributed by atoms with van der Waals surface area (Å²) in [7, 11) is -2.61. The maximum Gasteiger partial charge on any atom is 0.265 e. The minimum Gasteiger partial charge on any atom is -0.495 e. The van der Waals surface area contributed by atoms with Crippen LogP contribution in [0.15, 0.2) is 47.4 Å². The van der Waals surface area contributed by atoms with E-state index >= 15 is 0 Å². The standard InChI is InChI=1S/C21H25N3O5S/c1-14-3-6-17(7-4-14)23-30(27,28)19-13-16(5-8-18(19)29-2)21(26)24-11-9-15(10-12-24)20(22)25/h3-8,13,15,23H,9-12H2,1-2H3,(H2,22,25). The van der Waals surface area contributed by atoms with Crippen LogP contribution in [-0.2, 0) is 14.8 Å². The molecule has 0 atom stereocenters. The van der Waals surface area contributed by atoms with Gasteiger partial charge in [-0.05, 0) is 50.1 Å². The van der Waals surface area contributed by atoms with E-state index in [4.69, 9.17) is 10.5 Å². The fourth-order valence-electron chi connectivity index (χ4n) is 3.40. The van der Waals surface area contributed by atoms with Crippen molar-refractivity contribution in [2.24, 2.45) is 11.7 Å². The van der Waals surface area contributed by atoms with E-state index in [0.29, 0.717) is 31.6 Å². The second kappa shape index (κ2) is 8.74. The van der Waals surface area contributed by atoms with Crippen molar-refractivity contribution >= 4 is 27.5 Å². The van der Waals surface area contributed by atoms with Crippen LogP contribution in [0.1, 0.15) is 28.8 Å². The van der Waals surface area contributed by atoms with Gasteiger partial charge in [-0.2, -0.15) is 0 Å². The van der Waals surface area contributed by atoms with Gasteiger partial charge in [-0.3, -0.25) is 14.3 Å². The van der Waals surface area contributed by atoms with E-state index in [-0.39, 0.29) is 33.9 Å². The third-order valence-electron chi connectivity index (χ3n) is 5.19. The topological polar surface area (TPSA) is 119 Å². The second-order valence-electron chi connectivity index (χ2n) is 7.31. The number of ether oxygens (including phenoxy) is 1. The number of primary amides is 1. The summed E-state index contributed by atoms with van der Waals surface area (Å²) >= 11 is 0. The summed E-state index contributed by atoms with van der Waals surface area (Å²) in [6.45, 7) is 2.69. The number of nitrogens with one attached hydrogen (secondary N) is 1. The quantitative estimate of drug-likeness (QED) is 0.726. The SMILES string of the molecule is COc1ccc(C(=O)N2CCC(C(N)=O)CC2)cc1S(=O)(=O)Nc1ccc(C)cc1. The molecule has 160 valence electrons. The molecule has 0 radical (unpaired) electrons. The molecule has 1 aliphatic rings. The summed E-state index contributed by atoms with van der Waals surface area (Å²) in [4.78, 5) is 25.7. The highest BCUT2D eigenvalue weighted by molar-refractivity contribution is 7.92. The first-order valence-corrected chi connectivity index (χ1v) is 11.1. The Labute approximate surface area is 176 Å². The molecular formula is C21H25N3O5S. The summed E-state index contributed by atoms with van der Waals surface area (Å²) in [5.74, 6) is -0.757. The first kappa shape index (κ1) is 21.6. The third-order valence-corrected chi connectivity index (χ3v) is 6.59. The van der Waals surface area contributed by atoms with Crippen LogP contribution < -0.4 is 15.2 Å². The van der Waals surface area contributed by atoms with E-state index in [0.717, 1.165) is 5.56 Å². The Bertz CT molecular complexity index is 1040. The number of likely N-dealkylation sites (tertiary alicyclic amines) is 1. The van der Waals surface area contributed by atoms with Crippen LogP contribution in [0.3, 0.4) is 0 Å². The Morgan fingerprint density at radius 1 is 1.10 bits per heavy atom. The Kier molecular flexibility index (Phi) is 6.31. The number of carbonyl (C=O) groups excluding carboxylic acids is 2. The van der Waals surface area contributed by atoms with Crippen molar-refractivity contribution in [1.29, 1.82) is 0 Å². The molecule has 0 spiro atoms. The summed E-state index contributed by atoms with van der Waals surface area (Å²) < 4.78 is 33.7. The molecule has 1 aliphatic heterocycles. The van der Waals surface area contributed by atoms with Crippen LogP contribution in [0.2, 0.25) is 0 Å². The van der Waals surface area contributed by atoms with Crippen molar-refractivity contribution in [2.75, 3.05) is 24.9 Å². The number of nitrogens with two attached hydrogens (primary N) is 1. The molecule has 2 aromatic carbocycles. The van der Waals surface area contributed by atoms with Crippen LogP contribution in [0.5, 0.6) is 5.75 Å². The number of benzene rings is 2. The predicted molar refractivity (Wildman–Crippen MR) is 113 cm³/mol. The maximum atomic E-state index is 13.0. The zero-order chi connectivity index (χ0) is 21.9. The molecular weight excluding hydrogens is 406 g/mol. The van der Waals surface area contributed by atoms with Gasteiger partial charge in [0, 0.05) is 30.3 Å². The van der Waals surface area contributed by atoms with E-state index in [1.807, 2.05) is 6.92 Å². The second-order valence-corrected chi connectivity index (χ2v) is 8.96. The van der Waals surface area contributed by atoms with Crippen LogP contribution in [0.4, 0.5) is 5.69 Å². The molecule has 0 unspecified atom stereocenters. The minimum atomic E-state index is -3.98. The number of sulfonamides is 1. The molecule has 3 rings (SSSR count). The lowest BCUT2D eigenvalue weighted by Crippen LogP contribution is -2.41. The van der Waals surface area contributed by atoms with Gasteiger partial charge in [0.2, 0.25) is 5.91 Å². The van der Waals surface area contributed by atoms with Gasteiger partial charge in [0.15, 0.2) is 0 Å². The van der Waals surface area contributed by atoms with Gasteiger partial charge in [-0.25, -0.2) is 8.42 Å². The number of piperidine rings is 1. The van der Waals surface area contributed by atoms with E-state index in [2.05, 4.69) is 4.72 Å². The van der Waals surface area contributed by atoms with Gasteiger partial charge >= 0.3 is 0 Å². The predicted octanol–water partition coefficient (Wildman–Crippen LogP) is 2.14. The number of methoxy groups -OCH3 is 1. The number of aryl methyl sites for hydroxylation is 1. The Morgan fingerprint density at radius 2 is 1.73 bits per heavy atom. The molecule has 1 fully saturated rings. The summed E-state index contributed by atoms with van der Waals surface area (Å²) in [6.07, 6.45) is 0.995. The lowest BCUT2D eigenvalue weighted by Gasteiger charge is -2.30. The van der Waals surface area contributed by atoms with Gasteiger partial charge in [0.1, 0.15) is 10.6 Å². The van der Waals surface area contributed by atoms with Gasteiger partial charge in [0.25, 0.3) is 15.9 Å². The van der Waals surface area contributed by atoms with Crippen molar-refractivity contribution in [3.63, 3.8) is 0 Å². The number of hydrogen-bond donors (Lipinski definition) is 2. The largest absolute Gasteiger partial charge is 0.495 e. The molecule has 8 nitrogen and oxygen atoms in total. The summed E-state index contributed by atoms with van der Waals surface area (Å²) in [5, 5.41) is 0. The number of amides is 2. The van der Waals surface area contributed by atoms with Crippen molar-refractivity contribution in [3.8, 4) is 5.75 Å². The lowest BCUT2D eigenvalue weighted by atomic mass is 9.96. The van der Waals surface area contributed by atoms with Gasteiger partial charge in [0.05, 0.1) is 7.11 Å².